The molecule has 0 aliphatic carbocycles. The maximum atomic E-state index is 12.7. The zero-order valence-corrected chi connectivity index (χ0v) is 14.1. The lowest BCUT2D eigenvalue weighted by molar-refractivity contribution is -0.156. The molecule has 0 amide bonds. The van der Waals surface area contributed by atoms with Gasteiger partial charge in [-0.1, -0.05) is 32.9 Å². The first-order valence-corrected chi connectivity index (χ1v) is 7.43. The Morgan fingerprint density at radius 2 is 1.52 bits per heavy atom. The summed E-state index contributed by atoms with van der Waals surface area (Å²) in [5.74, 6) is -0.637. The van der Waals surface area contributed by atoms with Gasteiger partial charge in [-0.25, -0.2) is 4.79 Å². The molecular weight excluding hydrogens is 307 g/mol. The van der Waals surface area contributed by atoms with Crippen molar-refractivity contribution in [2.24, 2.45) is 11.1 Å². The summed E-state index contributed by atoms with van der Waals surface area (Å²) in [7, 11) is 0. The fraction of sp³-hybridized carbons (Fsp3) is 0.588. The number of hydrogen-bond acceptors (Lipinski definition) is 3. The first kappa shape index (κ1) is 19.5. The number of carbonyl (C=O) groups excluding carboxylic acids is 1. The smallest absolute Gasteiger partial charge is 0.416 e. The normalized spacial score (nSPS) is 15.4. The molecule has 1 unspecified atom stereocenters. The molecule has 0 spiro atoms. The topological polar surface area (TPSA) is 52.3 Å². The molecule has 1 aromatic rings. The van der Waals surface area contributed by atoms with E-state index in [1.165, 1.54) is 12.1 Å². The van der Waals surface area contributed by atoms with Crippen molar-refractivity contribution in [3.63, 3.8) is 0 Å². The Labute approximate surface area is 135 Å². The molecule has 0 saturated carbocycles. The van der Waals surface area contributed by atoms with Crippen LogP contribution in [0.1, 0.15) is 52.2 Å². The van der Waals surface area contributed by atoms with Crippen LogP contribution in [-0.2, 0) is 21.2 Å². The second-order valence-electron chi connectivity index (χ2n) is 7.24. The van der Waals surface area contributed by atoms with E-state index < -0.39 is 23.2 Å². The van der Waals surface area contributed by atoms with Gasteiger partial charge >= 0.3 is 12.1 Å². The molecule has 0 aliphatic heterocycles. The van der Waals surface area contributed by atoms with Crippen LogP contribution in [0, 0.1) is 5.41 Å². The van der Waals surface area contributed by atoms with Gasteiger partial charge in [0.1, 0.15) is 5.54 Å². The Morgan fingerprint density at radius 1 is 1.09 bits per heavy atom. The molecule has 1 rings (SSSR count). The standard InChI is InChI=1S/C17H24F3NO2/c1-11(2)23-14(22)16(21,10-15(3,4)5)12-6-8-13(9-7-12)17(18,19)20/h6-9,11H,10,21H2,1-5H3. The van der Waals surface area contributed by atoms with Crippen molar-refractivity contribution in [1.82, 2.24) is 0 Å². The minimum atomic E-state index is -4.43. The van der Waals surface area contributed by atoms with E-state index in [-0.39, 0.29) is 17.9 Å². The summed E-state index contributed by atoms with van der Waals surface area (Å²) < 4.78 is 43.3. The molecule has 6 heteroatoms. The first-order chi connectivity index (χ1) is 10.3. The van der Waals surface area contributed by atoms with E-state index in [4.69, 9.17) is 10.5 Å². The van der Waals surface area contributed by atoms with Crippen LogP contribution in [0.5, 0.6) is 0 Å². The summed E-state index contributed by atoms with van der Waals surface area (Å²) in [5, 5.41) is 0. The molecule has 0 aromatic heterocycles. The number of rotatable bonds is 4. The first-order valence-electron chi connectivity index (χ1n) is 7.43. The van der Waals surface area contributed by atoms with Gasteiger partial charge in [0, 0.05) is 0 Å². The molecule has 1 atom stereocenters. The number of esters is 1. The van der Waals surface area contributed by atoms with Crippen LogP contribution in [0.2, 0.25) is 0 Å². The Hall–Kier alpha value is -1.56. The molecule has 2 N–H and O–H groups in total. The van der Waals surface area contributed by atoms with Crippen molar-refractivity contribution in [1.29, 1.82) is 0 Å². The molecular formula is C17H24F3NO2. The number of carbonyl (C=O) groups is 1. The third-order valence-corrected chi connectivity index (χ3v) is 3.24. The van der Waals surface area contributed by atoms with Crippen LogP contribution in [0.15, 0.2) is 24.3 Å². The highest BCUT2D eigenvalue weighted by atomic mass is 19.4. The van der Waals surface area contributed by atoms with Gasteiger partial charge in [-0.05, 0) is 43.4 Å². The summed E-state index contributed by atoms with van der Waals surface area (Å²) in [6, 6.07) is 4.36. The van der Waals surface area contributed by atoms with Gasteiger partial charge in [0.25, 0.3) is 0 Å². The highest BCUT2D eigenvalue weighted by Crippen LogP contribution is 2.36. The van der Waals surface area contributed by atoms with Crippen molar-refractivity contribution >= 4 is 5.97 Å². The van der Waals surface area contributed by atoms with Crippen LogP contribution in [0.25, 0.3) is 0 Å². The maximum absolute atomic E-state index is 12.7. The van der Waals surface area contributed by atoms with Crippen molar-refractivity contribution in [3.05, 3.63) is 35.4 Å². The second kappa shape index (κ2) is 6.51. The molecule has 0 radical (unpaired) electrons. The van der Waals surface area contributed by atoms with Gasteiger partial charge in [0.2, 0.25) is 0 Å². The largest absolute Gasteiger partial charge is 0.461 e. The van der Waals surface area contributed by atoms with Crippen LogP contribution in [0.4, 0.5) is 13.2 Å². The number of halogens is 3. The van der Waals surface area contributed by atoms with E-state index in [9.17, 15) is 18.0 Å². The highest BCUT2D eigenvalue weighted by molar-refractivity contribution is 5.82. The number of benzene rings is 1. The number of nitrogens with two attached hydrogens (primary N) is 1. The predicted molar refractivity (Wildman–Crippen MR) is 82.6 cm³/mol. The molecule has 1 aromatic carbocycles. The van der Waals surface area contributed by atoms with E-state index in [1.807, 2.05) is 20.8 Å². The minimum Gasteiger partial charge on any atom is -0.461 e. The highest BCUT2D eigenvalue weighted by Gasteiger charge is 2.42. The van der Waals surface area contributed by atoms with Crippen molar-refractivity contribution in [2.75, 3.05) is 0 Å². The second-order valence-corrected chi connectivity index (χ2v) is 7.24. The van der Waals surface area contributed by atoms with E-state index in [2.05, 4.69) is 0 Å². The molecule has 0 fully saturated rings. The maximum Gasteiger partial charge on any atom is 0.416 e. The fourth-order valence-electron chi connectivity index (χ4n) is 2.40. The summed E-state index contributed by atoms with van der Waals surface area (Å²) in [4.78, 5) is 12.5. The van der Waals surface area contributed by atoms with E-state index in [0.29, 0.717) is 5.56 Å². The van der Waals surface area contributed by atoms with Gasteiger partial charge in [-0.2, -0.15) is 13.2 Å². The van der Waals surface area contributed by atoms with Crippen LogP contribution in [-0.4, -0.2) is 12.1 Å². The summed E-state index contributed by atoms with van der Waals surface area (Å²) >= 11 is 0. The Morgan fingerprint density at radius 3 is 1.87 bits per heavy atom. The van der Waals surface area contributed by atoms with E-state index in [1.54, 1.807) is 13.8 Å². The number of hydrogen-bond donors (Lipinski definition) is 1. The molecule has 0 aliphatic rings. The third kappa shape index (κ3) is 5.23. The molecule has 0 saturated heterocycles. The predicted octanol–water partition coefficient (Wildman–Crippen LogP) is 4.25. The van der Waals surface area contributed by atoms with Crippen molar-refractivity contribution in [3.8, 4) is 0 Å². The monoisotopic (exact) mass is 331 g/mol. The lowest BCUT2D eigenvalue weighted by Gasteiger charge is -2.34. The number of alkyl halides is 3. The van der Waals surface area contributed by atoms with Crippen LogP contribution < -0.4 is 5.73 Å². The van der Waals surface area contributed by atoms with E-state index in [0.717, 1.165) is 12.1 Å². The molecule has 0 bridgehead atoms. The zero-order valence-electron chi connectivity index (χ0n) is 14.1. The van der Waals surface area contributed by atoms with Crippen molar-refractivity contribution < 1.29 is 22.7 Å². The Balaban J connectivity index is 3.26. The lowest BCUT2D eigenvalue weighted by atomic mass is 9.76. The fourth-order valence-corrected chi connectivity index (χ4v) is 2.40. The zero-order chi connectivity index (χ0) is 18.1. The van der Waals surface area contributed by atoms with Gasteiger partial charge in [0.05, 0.1) is 11.7 Å². The van der Waals surface area contributed by atoms with Crippen LogP contribution in [0.3, 0.4) is 0 Å². The molecule has 0 heterocycles. The van der Waals surface area contributed by atoms with Gasteiger partial charge < -0.3 is 10.5 Å². The van der Waals surface area contributed by atoms with Gasteiger partial charge in [0.15, 0.2) is 0 Å². The Bertz CT molecular complexity index is 544. The average Bonchev–Trinajstić information content (AvgIpc) is 2.35. The Kier molecular flexibility index (Phi) is 5.52. The quantitative estimate of drug-likeness (QED) is 0.839. The molecule has 23 heavy (non-hydrogen) atoms. The molecule has 130 valence electrons. The lowest BCUT2D eigenvalue weighted by Crippen LogP contribution is -2.49. The summed E-state index contributed by atoms with van der Waals surface area (Å²) in [6.45, 7) is 9.11. The minimum absolute atomic E-state index is 0.247. The van der Waals surface area contributed by atoms with Crippen molar-refractivity contribution in [2.45, 2.75) is 58.9 Å². The summed E-state index contributed by atoms with van der Waals surface area (Å²) in [5.41, 5.74) is 4.03. The average molecular weight is 331 g/mol. The van der Waals surface area contributed by atoms with Crippen LogP contribution >= 0.6 is 0 Å². The SMILES string of the molecule is CC(C)OC(=O)C(N)(CC(C)(C)C)c1ccc(C(F)(F)F)cc1. The number of ether oxygens (including phenoxy) is 1. The van der Waals surface area contributed by atoms with E-state index >= 15 is 0 Å². The third-order valence-electron chi connectivity index (χ3n) is 3.24. The van der Waals surface area contributed by atoms with Gasteiger partial charge in [-0.3, -0.25) is 0 Å². The van der Waals surface area contributed by atoms with Gasteiger partial charge in [-0.15, -0.1) is 0 Å². The molecule has 3 nitrogen and oxygen atoms in total. The summed E-state index contributed by atoms with van der Waals surface area (Å²) in [6.07, 6.45) is -4.55.